The number of hydrogen-bond donors (Lipinski definition) is 1. The van der Waals surface area contributed by atoms with Gasteiger partial charge in [0.2, 0.25) is 0 Å². The average Bonchev–Trinajstić information content (AvgIpc) is 3.26. The van der Waals surface area contributed by atoms with Gasteiger partial charge in [-0.05, 0) is 37.3 Å². The van der Waals surface area contributed by atoms with E-state index in [0.717, 1.165) is 26.1 Å². The molecule has 3 atom stereocenters. The van der Waals surface area contributed by atoms with E-state index < -0.39 is 6.17 Å². The van der Waals surface area contributed by atoms with Crippen molar-refractivity contribution < 1.29 is 4.39 Å². The molecule has 6 heteroatoms. The Kier molecular flexibility index (Phi) is 5.80. The topological polar surface area (TPSA) is 33.1 Å². The molecule has 1 saturated heterocycles. The fourth-order valence-electron chi connectivity index (χ4n) is 3.13. The van der Waals surface area contributed by atoms with Gasteiger partial charge in [0.15, 0.2) is 0 Å². The van der Waals surface area contributed by atoms with E-state index in [0.29, 0.717) is 25.0 Å². The van der Waals surface area contributed by atoms with Gasteiger partial charge in [-0.2, -0.15) is 5.10 Å². The molecule has 126 valence electrons. The van der Waals surface area contributed by atoms with Crippen LogP contribution in [-0.4, -0.2) is 46.0 Å². The van der Waals surface area contributed by atoms with Gasteiger partial charge in [-0.1, -0.05) is 6.07 Å². The molecule has 1 N–H and O–H groups in total. The van der Waals surface area contributed by atoms with Crippen LogP contribution in [0.4, 0.5) is 4.39 Å². The van der Waals surface area contributed by atoms with Crippen LogP contribution in [0.1, 0.15) is 24.6 Å². The molecule has 0 bridgehead atoms. The second kappa shape index (κ2) is 8.04. The zero-order chi connectivity index (χ0) is 16.1. The summed E-state index contributed by atoms with van der Waals surface area (Å²) < 4.78 is 15.8. The predicted octanol–water partition coefficient (Wildman–Crippen LogP) is 2.93. The van der Waals surface area contributed by atoms with Crippen LogP contribution in [0.5, 0.6) is 0 Å². The van der Waals surface area contributed by atoms with Crippen LogP contribution < -0.4 is 5.32 Å². The summed E-state index contributed by atoms with van der Waals surface area (Å²) in [6, 6.07) is 6.84. The molecule has 0 radical (unpaired) electrons. The van der Waals surface area contributed by atoms with Crippen LogP contribution in [0.15, 0.2) is 36.0 Å². The Hall–Kier alpha value is -1.24. The minimum Gasteiger partial charge on any atom is -0.313 e. The Labute approximate surface area is 141 Å². The van der Waals surface area contributed by atoms with Gasteiger partial charge in [0.05, 0.1) is 0 Å². The molecule has 0 aromatic carbocycles. The SMILES string of the molecule is CC(CCn1cccn1)NC[C@@H]1C[C@H](F)CN1Cc1cccs1. The second-order valence-corrected chi connectivity index (χ2v) is 7.39. The lowest BCUT2D eigenvalue weighted by Crippen LogP contribution is -2.40. The number of rotatable bonds is 8. The standard InChI is InChI=1S/C17H25FN4S/c1-14(5-8-22-7-3-6-20-22)19-11-16-10-15(18)12-21(16)13-17-4-2-9-23-17/h2-4,6-7,9,14-16,19H,5,8,10-13H2,1H3/t14?,15-,16-/m0/s1. The van der Waals surface area contributed by atoms with E-state index in [2.05, 4.69) is 39.8 Å². The first-order valence-electron chi connectivity index (χ1n) is 8.32. The maximum Gasteiger partial charge on any atom is 0.114 e. The predicted molar refractivity (Wildman–Crippen MR) is 92.3 cm³/mol. The molecule has 2 aromatic heterocycles. The highest BCUT2D eigenvalue weighted by Gasteiger charge is 2.32. The number of hydrogen-bond acceptors (Lipinski definition) is 4. The molecule has 23 heavy (non-hydrogen) atoms. The third-order valence-corrected chi connectivity index (χ3v) is 5.33. The van der Waals surface area contributed by atoms with Crippen LogP contribution in [-0.2, 0) is 13.1 Å². The minimum absolute atomic E-state index is 0.291. The molecule has 0 aliphatic carbocycles. The molecule has 0 amide bonds. The van der Waals surface area contributed by atoms with E-state index in [4.69, 9.17) is 0 Å². The number of thiophene rings is 1. The van der Waals surface area contributed by atoms with E-state index in [1.54, 1.807) is 17.5 Å². The Morgan fingerprint density at radius 3 is 3.13 bits per heavy atom. The molecule has 3 heterocycles. The van der Waals surface area contributed by atoms with Crippen molar-refractivity contribution in [1.29, 1.82) is 0 Å². The van der Waals surface area contributed by atoms with Crippen LogP contribution in [0, 0.1) is 0 Å². The summed E-state index contributed by atoms with van der Waals surface area (Å²) in [7, 11) is 0. The molecule has 1 unspecified atom stereocenters. The Morgan fingerprint density at radius 2 is 2.39 bits per heavy atom. The van der Waals surface area contributed by atoms with Gasteiger partial charge < -0.3 is 5.32 Å². The van der Waals surface area contributed by atoms with Gasteiger partial charge in [0.25, 0.3) is 0 Å². The highest BCUT2D eigenvalue weighted by atomic mass is 32.1. The lowest BCUT2D eigenvalue weighted by Gasteiger charge is -2.25. The van der Waals surface area contributed by atoms with Gasteiger partial charge in [-0.3, -0.25) is 9.58 Å². The molecule has 0 spiro atoms. The Bertz CT molecular complexity index is 557. The largest absolute Gasteiger partial charge is 0.313 e. The summed E-state index contributed by atoms with van der Waals surface area (Å²) in [5, 5.41) is 9.88. The lowest BCUT2D eigenvalue weighted by atomic mass is 10.1. The number of likely N-dealkylation sites (tertiary alicyclic amines) is 1. The second-order valence-electron chi connectivity index (χ2n) is 6.36. The Morgan fingerprint density at radius 1 is 1.48 bits per heavy atom. The molecule has 1 aliphatic heterocycles. The van der Waals surface area contributed by atoms with Gasteiger partial charge in [0, 0.05) is 55.5 Å². The third kappa shape index (κ3) is 4.86. The van der Waals surface area contributed by atoms with Gasteiger partial charge in [-0.15, -0.1) is 11.3 Å². The molecular formula is C17H25FN4S. The van der Waals surface area contributed by atoms with Crippen molar-refractivity contribution in [3.63, 3.8) is 0 Å². The van der Waals surface area contributed by atoms with Crippen LogP contribution in [0.2, 0.25) is 0 Å². The highest BCUT2D eigenvalue weighted by Crippen LogP contribution is 2.24. The molecule has 1 aliphatic rings. The lowest BCUT2D eigenvalue weighted by molar-refractivity contribution is 0.227. The number of alkyl halides is 1. The first-order chi connectivity index (χ1) is 11.2. The number of aromatic nitrogens is 2. The maximum absolute atomic E-state index is 13.8. The fourth-order valence-corrected chi connectivity index (χ4v) is 3.86. The summed E-state index contributed by atoms with van der Waals surface area (Å²) in [5.74, 6) is 0. The molecular weight excluding hydrogens is 311 g/mol. The monoisotopic (exact) mass is 336 g/mol. The quantitative estimate of drug-likeness (QED) is 0.805. The van der Waals surface area contributed by atoms with Gasteiger partial charge >= 0.3 is 0 Å². The molecule has 0 saturated carbocycles. The summed E-state index contributed by atoms with van der Waals surface area (Å²) in [5.41, 5.74) is 0. The van der Waals surface area contributed by atoms with Crippen molar-refractivity contribution in [2.24, 2.45) is 0 Å². The number of nitrogens with zero attached hydrogens (tertiary/aromatic N) is 3. The van der Waals surface area contributed by atoms with Crippen molar-refractivity contribution in [3.8, 4) is 0 Å². The normalized spacial score (nSPS) is 23.4. The Balaban J connectivity index is 1.43. The van der Waals surface area contributed by atoms with E-state index in [-0.39, 0.29) is 0 Å². The van der Waals surface area contributed by atoms with Crippen molar-refractivity contribution in [2.75, 3.05) is 13.1 Å². The molecule has 2 aromatic rings. The van der Waals surface area contributed by atoms with Gasteiger partial charge in [0.1, 0.15) is 6.17 Å². The van der Waals surface area contributed by atoms with Gasteiger partial charge in [-0.25, -0.2) is 4.39 Å². The van der Waals surface area contributed by atoms with E-state index in [1.165, 1.54) is 4.88 Å². The molecule has 3 rings (SSSR count). The van der Waals surface area contributed by atoms with E-state index in [1.807, 2.05) is 16.9 Å². The van der Waals surface area contributed by atoms with Crippen LogP contribution >= 0.6 is 11.3 Å². The smallest absolute Gasteiger partial charge is 0.114 e. The summed E-state index contributed by atoms with van der Waals surface area (Å²) >= 11 is 1.75. The van der Waals surface area contributed by atoms with E-state index in [9.17, 15) is 4.39 Å². The minimum atomic E-state index is -0.693. The van der Waals surface area contributed by atoms with Crippen molar-refractivity contribution in [3.05, 3.63) is 40.8 Å². The zero-order valence-electron chi connectivity index (χ0n) is 13.6. The number of nitrogens with one attached hydrogen (secondary N) is 1. The average molecular weight is 336 g/mol. The highest BCUT2D eigenvalue weighted by molar-refractivity contribution is 7.09. The molecule has 1 fully saturated rings. The third-order valence-electron chi connectivity index (χ3n) is 4.47. The number of aryl methyl sites for hydroxylation is 1. The van der Waals surface area contributed by atoms with E-state index >= 15 is 0 Å². The van der Waals surface area contributed by atoms with Crippen LogP contribution in [0.25, 0.3) is 0 Å². The van der Waals surface area contributed by atoms with Crippen molar-refractivity contribution in [1.82, 2.24) is 20.0 Å². The maximum atomic E-state index is 13.8. The summed E-state index contributed by atoms with van der Waals surface area (Å²) in [6.45, 7) is 5.38. The summed E-state index contributed by atoms with van der Waals surface area (Å²) in [6.07, 6.45) is 4.77. The van der Waals surface area contributed by atoms with Crippen molar-refractivity contribution in [2.45, 2.75) is 51.1 Å². The fraction of sp³-hybridized carbons (Fsp3) is 0.588. The first-order valence-corrected chi connectivity index (χ1v) is 9.20. The zero-order valence-corrected chi connectivity index (χ0v) is 14.4. The van der Waals surface area contributed by atoms with Crippen molar-refractivity contribution >= 4 is 11.3 Å². The number of halogens is 1. The molecule has 4 nitrogen and oxygen atoms in total. The summed E-state index contributed by atoms with van der Waals surface area (Å²) in [4.78, 5) is 3.60. The van der Waals surface area contributed by atoms with Crippen LogP contribution in [0.3, 0.4) is 0 Å². The first kappa shape index (κ1) is 16.6.